The van der Waals surface area contributed by atoms with E-state index in [1.165, 1.54) is 6.42 Å². The first kappa shape index (κ1) is 11.7. The van der Waals surface area contributed by atoms with E-state index in [2.05, 4.69) is 5.32 Å². The number of halogens is 1. The minimum absolute atomic E-state index is 0.0218. The number of ether oxygens (including phenoxy) is 1. The standard InChI is InChI=1S/C13H18ClNO/c1-15-10-9-13(7-4-8-13)16-12-6-3-2-5-11(12)14/h2-3,5-6,15H,4,7-10H2,1H3. The van der Waals surface area contributed by atoms with E-state index in [1.54, 1.807) is 0 Å². The van der Waals surface area contributed by atoms with Crippen LogP contribution in [0.2, 0.25) is 5.02 Å². The van der Waals surface area contributed by atoms with Gasteiger partial charge in [-0.2, -0.15) is 0 Å². The number of hydrogen-bond donors (Lipinski definition) is 1. The van der Waals surface area contributed by atoms with Crippen molar-refractivity contribution in [3.63, 3.8) is 0 Å². The summed E-state index contributed by atoms with van der Waals surface area (Å²) in [6.45, 7) is 0.991. The third kappa shape index (κ3) is 2.50. The van der Waals surface area contributed by atoms with Crippen LogP contribution in [0.15, 0.2) is 24.3 Å². The fourth-order valence-electron chi connectivity index (χ4n) is 2.09. The van der Waals surface area contributed by atoms with Gasteiger partial charge in [-0.3, -0.25) is 0 Å². The fraction of sp³-hybridized carbons (Fsp3) is 0.538. The predicted molar refractivity (Wildman–Crippen MR) is 67.2 cm³/mol. The van der Waals surface area contributed by atoms with Crippen LogP contribution in [-0.4, -0.2) is 19.2 Å². The van der Waals surface area contributed by atoms with Crippen LogP contribution in [0.4, 0.5) is 0 Å². The molecule has 88 valence electrons. The molecule has 1 aromatic rings. The largest absolute Gasteiger partial charge is 0.486 e. The molecule has 1 aromatic carbocycles. The molecule has 0 saturated heterocycles. The molecule has 16 heavy (non-hydrogen) atoms. The average Bonchev–Trinajstić information content (AvgIpc) is 2.24. The molecule has 1 saturated carbocycles. The zero-order valence-electron chi connectivity index (χ0n) is 9.63. The SMILES string of the molecule is CNCCC1(Oc2ccccc2Cl)CCC1. The fourth-order valence-corrected chi connectivity index (χ4v) is 2.26. The van der Waals surface area contributed by atoms with Crippen LogP contribution in [0.5, 0.6) is 5.75 Å². The summed E-state index contributed by atoms with van der Waals surface area (Å²) in [4.78, 5) is 0. The van der Waals surface area contributed by atoms with Crippen LogP contribution in [0.3, 0.4) is 0 Å². The molecule has 0 radical (unpaired) electrons. The van der Waals surface area contributed by atoms with E-state index in [0.717, 1.165) is 31.6 Å². The van der Waals surface area contributed by atoms with Gasteiger partial charge in [0.1, 0.15) is 11.4 Å². The molecule has 3 heteroatoms. The number of hydrogen-bond acceptors (Lipinski definition) is 2. The topological polar surface area (TPSA) is 21.3 Å². The van der Waals surface area contributed by atoms with Crippen molar-refractivity contribution in [3.8, 4) is 5.75 Å². The van der Waals surface area contributed by atoms with Crippen molar-refractivity contribution in [2.75, 3.05) is 13.6 Å². The maximum atomic E-state index is 6.10. The maximum absolute atomic E-state index is 6.10. The molecule has 0 amide bonds. The van der Waals surface area contributed by atoms with E-state index in [9.17, 15) is 0 Å². The lowest BCUT2D eigenvalue weighted by Gasteiger charge is -2.42. The first-order valence-electron chi connectivity index (χ1n) is 5.84. The van der Waals surface area contributed by atoms with Crippen molar-refractivity contribution in [1.29, 1.82) is 0 Å². The first-order chi connectivity index (χ1) is 7.76. The second kappa shape index (κ2) is 5.07. The summed E-state index contributed by atoms with van der Waals surface area (Å²) in [7, 11) is 1.97. The van der Waals surface area contributed by atoms with Crippen LogP contribution in [0.1, 0.15) is 25.7 Å². The lowest BCUT2D eigenvalue weighted by atomic mass is 9.77. The van der Waals surface area contributed by atoms with Gasteiger partial charge in [-0.15, -0.1) is 0 Å². The van der Waals surface area contributed by atoms with Crippen molar-refractivity contribution in [2.24, 2.45) is 0 Å². The molecule has 2 rings (SSSR count). The van der Waals surface area contributed by atoms with Gasteiger partial charge < -0.3 is 10.1 Å². The molecule has 0 heterocycles. The third-order valence-electron chi connectivity index (χ3n) is 3.26. The van der Waals surface area contributed by atoms with Gasteiger partial charge in [0.15, 0.2) is 0 Å². The van der Waals surface area contributed by atoms with Gasteiger partial charge in [0.2, 0.25) is 0 Å². The van der Waals surface area contributed by atoms with Crippen LogP contribution in [0, 0.1) is 0 Å². The van der Waals surface area contributed by atoms with Gasteiger partial charge in [0.05, 0.1) is 5.02 Å². The van der Waals surface area contributed by atoms with Gasteiger partial charge in [-0.25, -0.2) is 0 Å². The summed E-state index contributed by atoms with van der Waals surface area (Å²) >= 11 is 6.10. The van der Waals surface area contributed by atoms with E-state index >= 15 is 0 Å². The molecule has 1 fully saturated rings. The second-order valence-corrected chi connectivity index (χ2v) is 4.83. The highest BCUT2D eigenvalue weighted by Gasteiger charge is 2.39. The first-order valence-corrected chi connectivity index (χ1v) is 6.22. The minimum Gasteiger partial charge on any atom is -0.486 e. The van der Waals surface area contributed by atoms with Gasteiger partial charge in [0.25, 0.3) is 0 Å². The Hall–Kier alpha value is -0.730. The molecule has 0 bridgehead atoms. The van der Waals surface area contributed by atoms with Crippen LogP contribution in [0.25, 0.3) is 0 Å². The van der Waals surface area contributed by atoms with Gasteiger partial charge in [0, 0.05) is 0 Å². The second-order valence-electron chi connectivity index (χ2n) is 4.42. The number of benzene rings is 1. The maximum Gasteiger partial charge on any atom is 0.138 e. The van der Waals surface area contributed by atoms with Crippen molar-refractivity contribution in [2.45, 2.75) is 31.3 Å². The van der Waals surface area contributed by atoms with Crippen molar-refractivity contribution in [3.05, 3.63) is 29.3 Å². The zero-order valence-corrected chi connectivity index (χ0v) is 10.4. The molecular weight excluding hydrogens is 222 g/mol. The third-order valence-corrected chi connectivity index (χ3v) is 3.57. The minimum atomic E-state index is 0.0218. The lowest BCUT2D eigenvalue weighted by Crippen LogP contribution is -2.45. The quantitative estimate of drug-likeness (QED) is 0.852. The van der Waals surface area contributed by atoms with Gasteiger partial charge >= 0.3 is 0 Å². The van der Waals surface area contributed by atoms with E-state index in [-0.39, 0.29) is 5.60 Å². The Balaban J connectivity index is 2.04. The van der Waals surface area contributed by atoms with E-state index in [1.807, 2.05) is 31.3 Å². The summed E-state index contributed by atoms with van der Waals surface area (Å²) < 4.78 is 6.10. The smallest absolute Gasteiger partial charge is 0.138 e. The Kier molecular flexibility index (Phi) is 3.72. The Morgan fingerprint density at radius 3 is 2.69 bits per heavy atom. The average molecular weight is 240 g/mol. The number of para-hydroxylation sites is 1. The van der Waals surface area contributed by atoms with Crippen LogP contribution in [-0.2, 0) is 0 Å². The normalized spacial score (nSPS) is 17.9. The zero-order chi connectivity index (χ0) is 11.4. The predicted octanol–water partition coefficient (Wildman–Crippen LogP) is 3.25. The molecule has 2 nitrogen and oxygen atoms in total. The summed E-state index contributed by atoms with van der Waals surface area (Å²) in [5.41, 5.74) is 0.0218. The van der Waals surface area contributed by atoms with E-state index in [0.29, 0.717) is 5.02 Å². The van der Waals surface area contributed by atoms with E-state index in [4.69, 9.17) is 16.3 Å². The molecule has 0 spiro atoms. The van der Waals surface area contributed by atoms with E-state index < -0.39 is 0 Å². The van der Waals surface area contributed by atoms with Crippen molar-refractivity contribution >= 4 is 11.6 Å². The molecule has 1 aliphatic rings. The van der Waals surface area contributed by atoms with Gasteiger partial charge in [-0.1, -0.05) is 23.7 Å². The molecule has 0 atom stereocenters. The molecule has 0 aliphatic heterocycles. The highest BCUT2D eigenvalue weighted by molar-refractivity contribution is 6.32. The monoisotopic (exact) mass is 239 g/mol. The molecule has 1 aliphatic carbocycles. The summed E-state index contributed by atoms with van der Waals surface area (Å²) in [5.74, 6) is 0.819. The Morgan fingerprint density at radius 1 is 1.38 bits per heavy atom. The lowest BCUT2D eigenvalue weighted by molar-refractivity contribution is -0.0138. The Bertz CT molecular complexity index is 350. The molecule has 0 aromatic heterocycles. The van der Waals surface area contributed by atoms with Crippen molar-refractivity contribution in [1.82, 2.24) is 5.32 Å². The van der Waals surface area contributed by atoms with Crippen LogP contribution < -0.4 is 10.1 Å². The van der Waals surface area contributed by atoms with Gasteiger partial charge in [-0.05, 0) is 51.4 Å². The summed E-state index contributed by atoms with van der Waals surface area (Å²) in [6.07, 6.45) is 4.59. The Morgan fingerprint density at radius 2 is 2.12 bits per heavy atom. The number of nitrogens with one attached hydrogen (secondary N) is 1. The summed E-state index contributed by atoms with van der Waals surface area (Å²) in [6, 6.07) is 7.71. The molecule has 1 N–H and O–H groups in total. The van der Waals surface area contributed by atoms with Crippen molar-refractivity contribution < 1.29 is 4.74 Å². The Labute approximate surface area is 102 Å². The molecular formula is C13H18ClNO. The highest BCUT2D eigenvalue weighted by Crippen LogP contribution is 2.40. The summed E-state index contributed by atoms with van der Waals surface area (Å²) in [5, 5.41) is 3.89. The molecule has 0 unspecified atom stereocenters. The van der Waals surface area contributed by atoms with Crippen LogP contribution >= 0.6 is 11.6 Å². The highest BCUT2D eigenvalue weighted by atomic mass is 35.5. The number of rotatable bonds is 5.